The lowest BCUT2D eigenvalue weighted by Crippen LogP contribution is -2.07. The fourth-order valence-corrected chi connectivity index (χ4v) is 2.18. The largest absolute Gasteiger partial charge is 0.481 e. The van der Waals surface area contributed by atoms with Crippen LogP contribution in [0.4, 0.5) is 0 Å². The summed E-state index contributed by atoms with van der Waals surface area (Å²) in [6, 6.07) is 12.7. The molecule has 0 saturated carbocycles. The van der Waals surface area contributed by atoms with Gasteiger partial charge in [-0.3, -0.25) is 4.79 Å². The molecule has 1 atom stereocenters. The Morgan fingerprint density at radius 1 is 1.00 bits per heavy atom. The van der Waals surface area contributed by atoms with E-state index in [1.807, 2.05) is 24.3 Å². The van der Waals surface area contributed by atoms with Gasteiger partial charge in [0.05, 0.1) is 5.92 Å². The number of rotatable bonds is 3. The van der Waals surface area contributed by atoms with E-state index in [-0.39, 0.29) is 0 Å². The average Bonchev–Trinajstić information content (AvgIpc) is 2.37. The molecule has 4 heteroatoms. The van der Waals surface area contributed by atoms with Gasteiger partial charge in [0.15, 0.2) is 0 Å². The highest BCUT2D eigenvalue weighted by molar-refractivity contribution is 6.31. The smallest absolute Gasteiger partial charge is 0.310 e. The van der Waals surface area contributed by atoms with E-state index in [1.165, 1.54) is 0 Å². The van der Waals surface area contributed by atoms with Crippen molar-refractivity contribution in [2.24, 2.45) is 0 Å². The Balaban J connectivity index is 2.47. The standard InChI is InChI=1S/C15H12Cl2O2/c1-9(15(18)19)11-6-12(8-14(17)7-11)10-2-4-13(16)5-3-10/h2-9H,1H3,(H,18,19)/t9-/m0/s1. The molecule has 0 aromatic heterocycles. The molecule has 0 saturated heterocycles. The van der Waals surface area contributed by atoms with Gasteiger partial charge in [0.1, 0.15) is 0 Å². The van der Waals surface area contributed by atoms with E-state index < -0.39 is 11.9 Å². The van der Waals surface area contributed by atoms with E-state index in [2.05, 4.69) is 0 Å². The van der Waals surface area contributed by atoms with Crippen LogP contribution in [0.3, 0.4) is 0 Å². The number of carboxylic acids is 1. The van der Waals surface area contributed by atoms with Gasteiger partial charge >= 0.3 is 5.97 Å². The zero-order valence-corrected chi connectivity index (χ0v) is 11.7. The maximum Gasteiger partial charge on any atom is 0.310 e. The average molecular weight is 295 g/mol. The first-order valence-corrected chi connectivity index (χ1v) is 6.52. The summed E-state index contributed by atoms with van der Waals surface area (Å²) in [4.78, 5) is 11.0. The van der Waals surface area contributed by atoms with E-state index in [9.17, 15) is 4.79 Å². The highest BCUT2D eigenvalue weighted by Gasteiger charge is 2.15. The van der Waals surface area contributed by atoms with Gasteiger partial charge in [-0.05, 0) is 47.9 Å². The van der Waals surface area contributed by atoms with E-state index in [1.54, 1.807) is 25.1 Å². The summed E-state index contributed by atoms with van der Waals surface area (Å²) in [5.74, 6) is -1.46. The molecule has 2 aromatic carbocycles. The molecule has 0 aliphatic heterocycles. The molecule has 0 amide bonds. The molecule has 2 aromatic rings. The molecular weight excluding hydrogens is 283 g/mol. The first-order chi connectivity index (χ1) is 8.97. The first-order valence-electron chi connectivity index (χ1n) is 5.76. The zero-order valence-electron chi connectivity index (χ0n) is 10.2. The molecule has 98 valence electrons. The lowest BCUT2D eigenvalue weighted by Gasteiger charge is -2.10. The summed E-state index contributed by atoms with van der Waals surface area (Å²) in [5, 5.41) is 10.2. The Labute approximate surface area is 121 Å². The van der Waals surface area contributed by atoms with Gasteiger partial charge in [0.25, 0.3) is 0 Å². The fourth-order valence-electron chi connectivity index (χ4n) is 1.81. The molecule has 0 unspecified atom stereocenters. The SMILES string of the molecule is C[C@H](C(=O)O)c1cc(Cl)cc(-c2ccc(Cl)cc2)c1. The van der Waals surface area contributed by atoms with E-state index >= 15 is 0 Å². The zero-order chi connectivity index (χ0) is 14.0. The molecule has 1 N–H and O–H groups in total. The molecule has 0 bridgehead atoms. The minimum atomic E-state index is -0.871. The van der Waals surface area contributed by atoms with Crippen molar-refractivity contribution >= 4 is 29.2 Å². The number of carbonyl (C=O) groups is 1. The van der Waals surface area contributed by atoms with Gasteiger partial charge in [0.2, 0.25) is 0 Å². The molecule has 2 nitrogen and oxygen atoms in total. The summed E-state index contributed by atoms with van der Waals surface area (Å²) >= 11 is 11.9. The van der Waals surface area contributed by atoms with Gasteiger partial charge in [-0.2, -0.15) is 0 Å². The number of hydrogen-bond acceptors (Lipinski definition) is 1. The van der Waals surface area contributed by atoms with Crippen molar-refractivity contribution in [2.45, 2.75) is 12.8 Å². The summed E-state index contributed by atoms with van der Waals surface area (Å²) in [7, 11) is 0. The van der Waals surface area contributed by atoms with Crippen molar-refractivity contribution in [3.63, 3.8) is 0 Å². The Hall–Kier alpha value is -1.51. The topological polar surface area (TPSA) is 37.3 Å². The second kappa shape index (κ2) is 5.64. The molecular formula is C15H12Cl2O2. The Kier molecular flexibility index (Phi) is 4.13. The van der Waals surface area contributed by atoms with Gasteiger partial charge in [-0.25, -0.2) is 0 Å². The summed E-state index contributed by atoms with van der Waals surface area (Å²) in [6.07, 6.45) is 0. The van der Waals surface area contributed by atoms with Crippen molar-refractivity contribution in [1.82, 2.24) is 0 Å². The fraction of sp³-hybridized carbons (Fsp3) is 0.133. The monoisotopic (exact) mass is 294 g/mol. The molecule has 0 radical (unpaired) electrons. The van der Waals surface area contributed by atoms with Crippen LogP contribution in [0.15, 0.2) is 42.5 Å². The predicted molar refractivity (Wildman–Crippen MR) is 77.9 cm³/mol. The highest BCUT2D eigenvalue weighted by atomic mass is 35.5. The third-order valence-electron chi connectivity index (χ3n) is 2.97. The third-order valence-corrected chi connectivity index (χ3v) is 3.44. The Bertz CT molecular complexity index is 606. The van der Waals surface area contributed by atoms with Crippen LogP contribution in [0.25, 0.3) is 11.1 Å². The Morgan fingerprint density at radius 2 is 1.63 bits per heavy atom. The summed E-state index contributed by atoms with van der Waals surface area (Å²) in [5.41, 5.74) is 2.52. The van der Waals surface area contributed by atoms with Gasteiger partial charge in [-0.1, -0.05) is 41.4 Å². The molecule has 19 heavy (non-hydrogen) atoms. The van der Waals surface area contributed by atoms with Crippen LogP contribution < -0.4 is 0 Å². The van der Waals surface area contributed by atoms with E-state index in [0.717, 1.165) is 11.1 Å². The quantitative estimate of drug-likeness (QED) is 0.879. The van der Waals surface area contributed by atoms with Crippen LogP contribution in [0.5, 0.6) is 0 Å². The lowest BCUT2D eigenvalue weighted by atomic mass is 9.96. The van der Waals surface area contributed by atoms with Crippen LogP contribution in [0.2, 0.25) is 10.0 Å². The van der Waals surface area contributed by atoms with Gasteiger partial charge < -0.3 is 5.11 Å². The lowest BCUT2D eigenvalue weighted by molar-refractivity contribution is -0.138. The van der Waals surface area contributed by atoms with Crippen molar-refractivity contribution in [2.75, 3.05) is 0 Å². The van der Waals surface area contributed by atoms with Crippen LogP contribution in [0, 0.1) is 0 Å². The van der Waals surface area contributed by atoms with Crippen LogP contribution in [0.1, 0.15) is 18.4 Å². The van der Waals surface area contributed by atoms with Crippen LogP contribution in [-0.4, -0.2) is 11.1 Å². The second-order valence-electron chi connectivity index (χ2n) is 4.34. The molecule has 0 aliphatic carbocycles. The first kappa shape index (κ1) is 13.9. The molecule has 0 heterocycles. The predicted octanol–water partition coefficient (Wildman–Crippen LogP) is 4.85. The summed E-state index contributed by atoms with van der Waals surface area (Å²) in [6.45, 7) is 1.64. The summed E-state index contributed by atoms with van der Waals surface area (Å²) < 4.78 is 0. The molecule has 2 rings (SSSR count). The van der Waals surface area contributed by atoms with Crippen LogP contribution in [-0.2, 0) is 4.79 Å². The van der Waals surface area contributed by atoms with Crippen molar-refractivity contribution in [3.05, 3.63) is 58.1 Å². The maximum absolute atomic E-state index is 11.0. The number of hydrogen-bond donors (Lipinski definition) is 1. The van der Waals surface area contributed by atoms with Crippen LogP contribution >= 0.6 is 23.2 Å². The Morgan fingerprint density at radius 3 is 2.21 bits per heavy atom. The normalized spacial score (nSPS) is 12.2. The van der Waals surface area contributed by atoms with Gasteiger partial charge in [0, 0.05) is 10.0 Å². The highest BCUT2D eigenvalue weighted by Crippen LogP contribution is 2.29. The molecule has 0 aliphatic rings. The van der Waals surface area contributed by atoms with Crippen molar-refractivity contribution < 1.29 is 9.90 Å². The maximum atomic E-state index is 11.0. The minimum Gasteiger partial charge on any atom is -0.481 e. The number of benzene rings is 2. The number of aliphatic carboxylic acids is 1. The minimum absolute atomic E-state index is 0.524. The second-order valence-corrected chi connectivity index (χ2v) is 5.21. The molecule has 0 fully saturated rings. The van der Waals surface area contributed by atoms with Gasteiger partial charge in [-0.15, -0.1) is 0 Å². The van der Waals surface area contributed by atoms with E-state index in [4.69, 9.17) is 28.3 Å². The van der Waals surface area contributed by atoms with E-state index in [0.29, 0.717) is 15.6 Å². The number of halogens is 2. The van der Waals surface area contributed by atoms with Crippen molar-refractivity contribution in [1.29, 1.82) is 0 Å². The van der Waals surface area contributed by atoms with Crippen molar-refractivity contribution in [3.8, 4) is 11.1 Å². The number of carboxylic acid groups (broad SMARTS) is 1. The molecule has 0 spiro atoms. The third kappa shape index (κ3) is 3.28.